The molecule has 1 saturated carbocycles. The van der Waals surface area contributed by atoms with E-state index in [0.29, 0.717) is 5.47 Å². The average molecular weight is 138 g/mol. The van der Waals surface area contributed by atoms with Gasteiger partial charge in [0.2, 0.25) is 0 Å². The maximum absolute atomic E-state index is 8.88. The van der Waals surface area contributed by atoms with Gasteiger partial charge in [-0.25, -0.2) is 0 Å². The SMILES string of the molecule is [B]C(=C)C1(CO)CC1CO. The minimum atomic E-state index is -0.352. The lowest BCUT2D eigenvalue weighted by Gasteiger charge is -2.12. The van der Waals surface area contributed by atoms with Crippen molar-refractivity contribution in [3.05, 3.63) is 12.1 Å². The molecule has 2 N–H and O–H groups in total. The van der Waals surface area contributed by atoms with Crippen LogP contribution >= 0.6 is 0 Å². The number of aliphatic hydroxyl groups is 2. The first-order valence-electron chi connectivity index (χ1n) is 3.34. The Kier molecular flexibility index (Phi) is 1.88. The summed E-state index contributed by atoms with van der Waals surface area (Å²) >= 11 is 0. The Morgan fingerprint density at radius 1 is 1.70 bits per heavy atom. The second-order valence-electron chi connectivity index (χ2n) is 2.92. The molecule has 0 aromatic heterocycles. The third-order valence-electron chi connectivity index (χ3n) is 2.37. The molecule has 54 valence electrons. The molecule has 0 heterocycles. The summed E-state index contributed by atoms with van der Waals surface area (Å²) in [4.78, 5) is 0. The second kappa shape index (κ2) is 2.40. The van der Waals surface area contributed by atoms with E-state index in [1.807, 2.05) is 0 Å². The van der Waals surface area contributed by atoms with Crippen molar-refractivity contribution in [1.82, 2.24) is 0 Å². The van der Waals surface area contributed by atoms with Crippen LogP contribution in [0.3, 0.4) is 0 Å². The van der Waals surface area contributed by atoms with Crippen LogP contribution in [0, 0.1) is 11.3 Å². The highest BCUT2D eigenvalue weighted by Gasteiger charge is 2.53. The van der Waals surface area contributed by atoms with Crippen molar-refractivity contribution < 1.29 is 10.2 Å². The van der Waals surface area contributed by atoms with Crippen LogP contribution in [0.2, 0.25) is 0 Å². The Morgan fingerprint density at radius 2 is 2.30 bits per heavy atom. The molecule has 0 amide bonds. The molecule has 2 unspecified atom stereocenters. The highest BCUT2D eigenvalue weighted by atomic mass is 16.3. The maximum atomic E-state index is 8.88. The zero-order valence-electron chi connectivity index (χ0n) is 5.88. The van der Waals surface area contributed by atoms with Crippen molar-refractivity contribution in [3.8, 4) is 0 Å². The van der Waals surface area contributed by atoms with Crippen molar-refractivity contribution in [1.29, 1.82) is 0 Å². The second-order valence-corrected chi connectivity index (χ2v) is 2.92. The van der Waals surface area contributed by atoms with Gasteiger partial charge in [-0.05, 0) is 12.3 Å². The van der Waals surface area contributed by atoms with E-state index >= 15 is 0 Å². The predicted octanol–water partition coefficient (Wildman–Crippen LogP) is -0.340. The number of aliphatic hydroxyl groups excluding tert-OH is 2. The molecular weight excluding hydrogens is 127 g/mol. The Hall–Kier alpha value is -0.275. The molecular formula is C7H11BO2. The first-order valence-corrected chi connectivity index (χ1v) is 3.34. The first-order chi connectivity index (χ1) is 4.67. The maximum Gasteiger partial charge on any atom is 0.107 e. The molecule has 0 spiro atoms. The third kappa shape index (κ3) is 0.898. The molecule has 0 aromatic carbocycles. The molecule has 1 aliphatic rings. The largest absolute Gasteiger partial charge is 0.396 e. The van der Waals surface area contributed by atoms with Gasteiger partial charge in [0, 0.05) is 12.0 Å². The summed E-state index contributed by atoms with van der Waals surface area (Å²) in [7, 11) is 5.44. The van der Waals surface area contributed by atoms with E-state index in [0.717, 1.165) is 6.42 Å². The molecule has 2 nitrogen and oxygen atoms in total. The summed E-state index contributed by atoms with van der Waals surface area (Å²) in [5.41, 5.74) is 0.142. The Balaban J connectivity index is 2.59. The van der Waals surface area contributed by atoms with Gasteiger partial charge in [0.05, 0.1) is 6.61 Å². The summed E-state index contributed by atoms with van der Waals surface area (Å²) in [5, 5.41) is 17.6. The molecule has 3 heteroatoms. The molecule has 0 bridgehead atoms. The van der Waals surface area contributed by atoms with E-state index < -0.39 is 0 Å². The first kappa shape index (κ1) is 7.83. The van der Waals surface area contributed by atoms with Gasteiger partial charge in [-0.3, -0.25) is 0 Å². The number of hydrogen-bond acceptors (Lipinski definition) is 2. The fraction of sp³-hybridized carbons (Fsp3) is 0.714. The van der Waals surface area contributed by atoms with Crippen LogP contribution in [-0.2, 0) is 0 Å². The van der Waals surface area contributed by atoms with Crippen molar-refractivity contribution in [2.45, 2.75) is 6.42 Å². The zero-order valence-corrected chi connectivity index (χ0v) is 5.88. The molecule has 2 radical (unpaired) electrons. The summed E-state index contributed by atoms with van der Waals surface area (Å²) in [6.45, 7) is 3.67. The molecule has 1 fully saturated rings. The number of hydrogen-bond donors (Lipinski definition) is 2. The van der Waals surface area contributed by atoms with Gasteiger partial charge < -0.3 is 10.2 Å². The minimum Gasteiger partial charge on any atom is -0.396 e. The molecule has 1 aliphatic carbocycles. The van der Waals surface area contributed by atoms with E-state index in [4.69, 9.17) is 18.1 Å². The molecule has 10 heavy (non-hydrogen) atoms. The topological polar surface area (TPSA) is 40.5 Å². The van der Waals surface area contributed by atoms with E-state index in [1.54, 1.807) is 0 Å². The lowest BCUT2D eigenvalue weighted by atomic mass is 9.81. The van der Waals surface area contributed by atoms with Gasteiger partial charge in [0.25, 0.3) is 0 Å². The summed E-state index contributed by atoms with van der Waals surface area (Å²) < 4.78 is 0. The number of rotatable bonds is 3. The van der Waals surface area contributed by atoms with Gasteiger partial charge in [-0.15, -0.1) is 12.1 Å². The standard InChI is InChI=1S/C7H11BO2/c1-5(8)7(4-10)2-6(7)3-9/h6,9-10H,1-4H2. The van der Waals surface area contributed by atoms with Crippen molar-refractivity contribution >= 4 is 7.85 Å². The third-order valence-corrected chi connectivity index (χ3v) is 2.37. The molecule has 0 aromatic rings. The van der Waals surface area contributed by atoms with Gasteiger partial charge in [-0.1, -0.05) is 0 Å². The summed E-state index contributed by atoms with van der Waals surface area (Å²) in [5.74, 6) is 0.134. The van der Waals surface area contributed by atoms with Crippen molar-refractivity contribution in [2.75, 3.05) is 13.2 Å². The van der Waals surface area contributed by atoms with Crippen LogP contribution in [0.1, 0.15) is 6.42 Å². The highest BCUT2D eigenvalue weighted by Crippen LogP contribution is 2.55. The normalized spacial score (nSPS) is 37.6. The molecule has 1 rings (SSSR count). The Morgan fingerprint density at radius 3 is 2.40 bits per heavy atom. The predicted molar refractivity (Wildman–Crippen MR) is 39.6 cm³/mol. The molecule has 0 aliphatic heterocycles. The lowest BCUT2D eigenvalue weighted by Crippen LogP contribution is -2.14. The highest BCUT2D eigenvalue weighted by molar-refractivity contribution is 6.22. The van der Waals surface area contributed by atoms with Crippen LogP contribution < -0.4 is 0 Å². The smallest absolute Gasteiger partial charge is 0.107 e. The van der Waals surface area contributed by atoms with Crippen molar-refractivity contribution in [2.24, 2.45) is 11.3 Å². The minimum absolute atomic E-state index is 0.00750. The van der Waals surface area contributed by atoms with E-state index in [9.17, 15) is 0 Å². The Bertz CT molecular complexity index is 158. The monoisotopic (exact) mass is 138 g/mol. The fourth-order valence-corrected chi connectivity index (χ4v) is 1.31. The molecule has 0 saturated heterocycles. The van der Waals surface area contributed by atoms with E-state index in [1.165, 1.54) is 0 Å². The average Bonchev–Trinajstić information content (AvgIpc) is 2.62. The van der Waals surface area contributed by atoms with Crippen LogP contribution in [0.5, 0.6) is 0 Å². The van der Waals surface area contributed by atoms with Gasteiger partial charge in [0.15, 0.2) is 0 Å². The van der Waals surface area contributed by atoms with Gasteiger partial charge in [-0.2, -0.15) is 0 Å². The van der Waals surface area contributed by atoms with Gasteiger partial charge >= 0.3 is 0 Å². The van der Waals surface area contributed by atoms with Gasteiger partial charge in [0.1, 0.15) is 7.85 Å². The van der Waals surface area contributed by atoms with Crippen molar-refractivity contribution in [3.63, 3.8) is 0 Å². The van der Waals surface area contributed by atoms with Crippen LogP contribution in [0.4, 0.5) is 0 Å². The Labute approximate surface area is 62.0 Å². The zero-order chi connectivity index (χ0) is 7.78. The van der Waals surface area contributed by atoms with Crippen LogP contribution in [0.25, 0.3) is 0 Å². The summed E-state index contributed by atoms with van der Waals surface area (Å²) in [6, 6.07) is 0. The van der Waals surface area contributed by atoms with Crippen LogP contribution in [-0.4, -0.2) is 31.3 Å². The van der Waals surface area contributed by atoms with Crippen LogP contribution in [0.15, 0.2) is 12.1 Å². The quantitative estimate of drug-likeness (QED) is 0.523. The summed E-state index contributed by atoms with van der Waals surface area (Å²) in [6.07, 6.45) is 0.773. The van der Waals surface area contributed by atoms with E-state index in [2.05, 4.69) is 6.58 Å². The fourth-order valence-electron chi connectivity index (χ4n) is 1.31. The molecule has 2 atom stereocenters. The lowest BCUT2D eigenvalue weighted by molar-refractivity contribution is 0.198. The van der Waals surface area contributed by atoms with E-state index in [-0.39, 0.29) is 24.5 Å².